The van der Waals surface area contributed by atoms with Crippen molar-refractivity contribution in [3.8, 4) is 0 Å². The second-order valence-electron chi connectivity index (χ2n) is 5.17. The third kappa shape index (κ3) is 3.84. The second kappa shape index (κ2) is 6.91. The molecule has 1 atom stereocenters. The van der Waals surface area contributed by atoms with E-state index in [-0.39, 0.29) is 6.04 Å². The van der Waals surface area contributed by atoms with Gasteiger partial charge in [0.25, 0.3) is 0 Å². The Kier molecular flexibility index (Phi) is 5.21. The lowest BCUT2D eigenvalue weighted by Gasteiger charge is -2.22. The van der Waals surface area contributed by atoms with Crippen molar-refractivity contribution in [2.45, 2.75) is 19.4 Å². The zero-order valence-corrected chi connectivity index (χ0v) is 13.6. The molecular weight excluding hydrogens is 312 g/mol. The van der Waals surface area contributed by atoms with Gasteiger partial charge in [-0.15, -0.1) is 0 Å². The summed E-state index contributed by atoms with van der Waals surface area (Å²) in [4.78, 5) is 2.25. The maximum absolute atomic E-state index is 6.29. The molecular formula is C17H21BrN2. The van der Waals surface area contributed by atoms with Crippen LogP contribution in [-0.2, 0) is 0 Å². The second-order valence-corrected chi connectivity index (χ2v) is 6.03. The fourth-order valence-electron chi connectivity index (χ4n) is 2.19. The van der Waals surface area contributed by atoms with E-state index in [0.29, 0.717) is 0 Å². The maximum Gasteiger partial charge on any atom is 0.0363 e. The Balaban J connectivity index is 1.95. The van der Waals surface area contributed by atoms with Crippen molar-refractivity contribution >= 4 is 21.6 Å². The molecule has 0 heterocycles. The van der Waals surface area contributed by atoms with E-state index in [2.05, 4.69) is 65.1 Å². The standard InChI is InChI=1S/C17H21BrN2/c1-13-7-9-14(10-8-13)20(2)12-11-17(19)15-5-3-4-6-16(15)18/h3-10,17H,11-12,19H2,1-2H3. The van der Waals surface area contributed by atoms with E-state index in [0.717, 1.165) is 17.4 Å². The summed E-state index contributed by atoms with van der Waals surface area (Å²) in [5.74, 6) is 0. The molecule has 3 heteroatoms. The summed E-state index contributed by atoms with van der Waals surface area (Å²) in [5, 5.41) is 0. The molecule has 0 fully saturated rings. The molecule has 0 bridgehead atoms. The van der Waals surface area contributed by atoms with Crippen LogP contribution in [0, 0.1) is 6.92 Å². The van der Waals surface area contributed by atoms with Crippen molar-refractivity contribution in [3.05, 3.63) is 64.1 Å². The molecule has 0 aliphatic heterocycles. The normalized spacial score (nSPS) is 12.2. The van der Waals surface area contributed by atoms with E-state index in [1.165, 1.54) is 16.8 Å². The summed E-state index contributed by atoms with van der Waals surface area (Å²) < 4.78 is 1.09. The number of hydrogen-bond donors (Lipinski definition) is 1. The van der Waals surface area contributed by atoms with Crippen LogP contribution in [0.3, 0.4) is 0 Å². The molecule has 2 nitrogen and oxygen atoms in total. The highest BCUT2D eigenvalue weighted by molar-refractivity contribution is 9.10. The Morgan fingerprint density at radius 2 is 1.75 bits per heavy atom. The third-order valence-electron chi connectivity index (χ3n) is 3.55. The first-order valence-corrected chi connectivity index (χ1v) is 7.65. The van der Waals surface area contributed by atoms with Gasteiger partial charge >= 0.3 is 0 Å². The minimum absolute atomic E-state index is 0.0541. The average Bonchev–Trinajstić information content (AvgIpc) is 2.45. The van der Waals surface area contributed by atoms with Gasteiger partial charge in [0.2, 0.25) is 0 Å². The molecule has 2 N–H and O–H groups in total. The Labute approximate surface area is 129 Å². The van der Waals surface area contributed by atoms with Gasteiger partial charge in [-0.3, -0.25) is 0 Å². The van der Waals surface area contributed by atoms with Gasteiger partial charge in [0.05, 0.1) is 0 Å². The first-order chi connectivity index (χ1) is 9.58. The highest BCUT2D eigenvalue weighted by Gasteiger charge is 2.10. The smallest absolute Gasteiger partial charge is 0.0363 e. The van der Waals surface area contributed by atoms with E-state index >= 15 is 0 Å². The number of rotatable bonds is 5. The number of anilines is 1. The van der Waals surface area contributed by atoms with Gasteiger partial charge in [0.15, 0.2) is 0 Å². The quantitative estimate of drug-likeness (QED) is 0.885. The Morgan fingerprint density at radius 3 is 2.40 bits per heavy atom. The summed E-state index contributed by atoms with van der Waals surface area (Å²) in [5.41, 5.74) is 9.98. The molecule has 1 unspecified atom stereocenters. The van der Waals surface area contributed by atoms with Gasteiger partial charge in [-0.2, -0.15) is 0 Å². The van der Waals surface area contributed by atoms with Crippen molar-refractivity contribution in [3.63, 3.8) is 0 Å². The fraction of sp³-hybridized carbons (Fsp3) is 0.294. The fourth-order valence-corrected chi connectivity index (χ4v) is 2.77. The van der Waals surface area contributed by atoms with E-state index in [4.69, 9.17) is 5.73 Å². The summed E-state index contributed by atoms with van der Waals surface area (Å²) in [6, 6.07) is 16.8. The van der Waals surface area contributed by atoms with Crippen LogP contribution in [0.4, 0.5) is 5.69 Å². The van der Waals surface area contributed by atoms with Crippen LogP contribution < -0.4 is 10.6 Å². The highest BCUT2D eigenvalue weighted by Crippen LogP contribution is 2.24. The van der Waals surface area contributed by atoms with Gasteiger partial charge in [-0.1, -0.05) is 51.8 Å². The zero-order chi connectivity index (χ0) is 14.5. The van der Waals surface area contributed by atoms with Crippen molar-refractivity contribution in [2.75, 3.05) is 18.5 Å². The minimum atomic E-state index is 0.0541. The predicted octanol–water partition coefficient (Wildman–Crippen LogP) is 4.28. The number of benzene rings is 2. The van der Waals surface area contributed by atoms with Gasteiger partial charge < -0.3 is 10.6 Å². The maximum atomic E-state index is 6.29. The monoisotopic (exact) mass is 332 g/mol. The van der Waals surface area contributed by atoms with E-state index in [1.807, 2.05) is 18.2 Å². The van der Waals surface area contributed by atoms with Crippen molar-refractivity contribution < 1.29 is 0 Å². The summed E-state index contributed by atoms with van der Waals surface area (Å²) in [6.07, 6.45) is 0.924. The minimum Gasteiger partial charge on any atom is -0.375 e. The van der Waals surface area contributed by atoms with Crippen molar-refractivity contribution in [2.24, 2.45) is 5.73 Å². The first-order valence-electron chi connectivity index (χ1n) is 6.86. The molecule has 0 aliphatic carbocycles. The average molecular weight is 333 g/mol. The van der Waals surface area contributed by atoms with Gasteiger partial charge in [-0.25, -0.2) is 0 Å². The topological polar surface area (TPSA) is 29.3 Å². The van der Waals surface area contributed by atoms with Crippen LogP contribution >= 0.6 is 15.9 Å². The number of aryl methyl sites for hydroxylation is 1. The lowest BCUT2D eigenvalue weighted by atomic mass is 10.0. The number of nitrogens with two attached hydrogens (primary N) is 1. The molecule has 2 aromatic carbocycles. The number of nitrogens with zero attached hydrogens (tertiary/aromatic N) is 1. The molecule has 106 valence electrons. The summed E-state index contributed by atoms with van der Waals surface area (Å²) in [7, 11) is 2.11. The Hall–Kier alpha value is -1.32. The number of halogens is 1. The van der Waals surface area contributed by atoms with Crippen LogP contribution in [0.1, 0.15) is 23.6 Å². The van der Waals surface area contributed by atoms with Crippen molar-refractivity contribution in [1.82, 2.24) is 0 Å². The van der Waals surface area contributed by atoms with Crippen LogP contribution in [-0.4, -0.2) is 13.6 Å². The lowest BCUT2D eigenvalue weighted by Crippen LogP contribution is -2.23. The zero-order valence-electron chi connectivity index (χ0n) is 12.0. The Morgan fingerprint density at radius 1 is 1.10 bits per heavy atom. The third-order valence-corrected chi connectivity index (χ3v) is 4.28. The van der Waals surface area contributed by atoms with Crippen LogP contribution in [0.25, 0.3) is 0 Å². The molecule has 0 spiro atoms. The van der Waals surface area contributed by atoms with Crippen LogP contribution in [0.2, 0.25) is 0 Å². The predicted molar refractivity (Wildman–Crippen MR) is 90.1 cm³/mol. The molecule has 0 radical (unpaired) electrons. The summed E-state index contributed by atoms with van der Waals surface area (Å²) >= 11 is 3.56. The van der Waals surface area contributed by atoms with E-state index < -0.39 is 0 Å². The molecule has 2 rings (SSSR count). The molecule has 0 amide bonds. The molecule has 0 aliphatic rings. The molecule has 2 aromatic rings. The molecule has 20 heavy (non-hydrogen) atoms. The van der Waals surface area contributed by atoms with E-state index in [1.54, 1.807) is 0 Å². The summed E-state index contributed by atoms with van der Waals surface area (Å²) in [6.45, 7) is 3.04. The lowest BCUT2D eigenvalue weighted by molar-refractivity contribution is 0.643. The SMILES string of the molecule is Cc1ccc(N(C)CCC(N)c2ccccc2Br)cc1. The van der Waals surface area contributed by atoms with E-state index in [9.17, 15) is 0 Å². The van der Waals surface area contributed by atoms with Gasteiger partial charge in [-0.05, 0) is 37.1 Å². The Bertz CT molecular complexity index is 551. The van der Waals surface area contributed by atoms with Gasteiger partial charge in [0.1, 0.15) is 0 Å². The molecule has 0 aromatic heterocycles. The number of hydrogen-bond acceptors (Lipinski definition) is 2. The first kappa shape index (κ1) is 15.1. The molecule has 0 saturated carbocycles. The van der Waals surface area contributed by atoms with Crippen LogP contribution in [0.5, 0.6) is 0 Å². The molecule has 0 saturated heterocycles. The largest absolute Gasteiger partial charge is 0.375 e. The van der Waals surface area contributed by atoms with Crippen molar-refractivity contribution in [1.29, 1.82) is 0 Å². The van der Waals surface area contributed by atoms with Gasteiger partial charge in [0, 0.05) is 29.8 Å². The van der Waals surface area contributed by atoms with Crippen LogP contribution in [0.15, 0.2) is 53.0 Å². The highest BCUT2D eigenvalue weighted by atomic mass is 79.9.